The fraction of sp³-hybridized carbons (Fsp3) is 0.882. The summed E-state index contributed by atoms with van der Waals surface area (Å²) < 4.78 is 46.5. The summed E-state index contributed by atoms with van der Waals surface area (Å²) in [6.45, 7) is 1.12. The summed E-state index contributed by atoms with van der Waals surface area (Å²) in [5.74, 6) is -13.1. The molecule has 32 nitrogen and oxygen atoms in total. The fourth-order valence-electron chi connectivity index (χ4n) is 14.3. The third-order valence-corrected chi connectivity index (χ3v) is 20.6. The third-order valence-electron chi connectivity index (χ3n) is 20.6. The van der Waals surface area contributed by atoms with Crippen molar-refractivity contribution in [1.29, 1.82) is 0 Å². The third kappa shape index (κ3) is 31.7. The molecule has 32 heteroatoms. The van der Waals surface area contributed by atoms with E-state index < -0.39 is 216 Å². The SMILES string of the molecule is CCCCCCCC/C=C\CCCCCCCCCCCCCC(=O)N[C@@H](CO[C@@H]1O[C@H](CO)[C@@H](O[C@@H]2O[C@H](CO)[C@H](O)[C@H](O[C@]3(C(=O)O)C[C@H](O)[C@@H](NC(C)=O)C([C@H](O)[C@@H](CO)O[C@]4(C(=O)O)C[C@H](O)[C@@H](NC(C)=O)C([C@H](O)[C@H](O)CO)O4)O3)[C@H]2O)[C@H](O)C1O)[C@H](O)/C=C/CCCCCCCCCCCCC. The van der Waals surface area contributed by atoms with E-state index in [2.05, 4.69) is 41.9 Å². The summed E-state index contributed by atoms with van der Waals surface area (Å²) >= 11 is 0. The molecule has 4 rings (SSSR count). The molecule has 0 aromatic carbocycles. The number of aliphatic carboxylic acids is 2. The van der Waals surface area contributed by atoms with E-state index in [1.165, 1.54) is 122 Å². The van der Waals surface area contributed by atoms with Gasteiger partial charge in [-0.3, -0.25) is 14.4 Å². The lowest BCUT2D eigenvalue weighted by atomic mass is 9.87. The molecule has 628 valence electrons. The number of hydrogen-bond acceptors (Lipinski definition) is 27. The van der Waals surface area contributed by atoms with E-state index in [0.717, 1.165) is 78.1 Å². The molecule has 4 fully saturated rings. The minimum atomic E-state index is -3.39. The van der Waals surface area contributed by atoms with Gasteiger partial charge in [0.2, 0.25) is 17.7 Å². The summed E-state index contributed by atoms with van der Waals surface area (Å²) in [6, 6.07) is -4.73. The molecule has 4 aliphatic rings. The highest BCUT2D eigenvalue weighted by Gasteiger charge is 2.62. The van der Waals surface area contributed by atoms with Crippen LogP contribution >= 0.6 is 0 Å². The van der Waals surface area contributed by atoms with E-state index in [0.29, 0.717) is 12.8 Å². The van der Waals surface area contributed by atoms with E-state index in [1.807, 2.05) is 6.08 Å². The molecular weight excluding hydrogens is 1420 g/mol. The highest BCUT2D eigenvalue weighted by atomic mass is 16.8. The second-order valence-corrected chi connectivity index (χ2v) is 29.6. The van der Waals surface area contributed by atoms with Crippen LogP contribution in [0.4, 0.5) is 0 Å². The number of aliphatic hydroxyl groups is 14. The molecule has 24 atom stereocenters. The molecule has 3 unspecified atom stereocenters. The van der Waals surface area contributed by atoms with E-state index in [4.69, 9.17) is 37.9 Å². The number of carbonyl (C=O) groups excluding carboxylic acids is 3. The fourth-order valence-corrected chi connectivity index (χ4v) is 14.3. The minimum Gasteiger partial charge on any atom is -0.477 e. The maximum atomic E-state index is 13.6. The van der Waals surface area contributed by atoms with Gasteiger partial charge in [0, 0.05) is 33.1 Å². The number of carbonyl (C=O) groups is 5. The smallest absolute Gasteiger partial charge is 0.364 e. The van der Waals surface area contributed by atoms with Crippen molar-refractivity contribution in [2.75, 3.05) is 33.0 Å². The average molecular weight is 1550 g/mol. The zero-order valence-corrected chi connectivity index (χ0v) is 64.1. The van der Waals surface area contributed by atoms with Crippen molar-refractivity contribution >= 4 is 29.7 Å². The standard InChI is InChI=1S/C76H135N3O29/c1-5-7-9-11-13-15-17-19-20-21-22-23-24-25-26-28-30-32-34-36-38-40-58(90)79-50(51(86)39-37-35-33-31-29-27-18-16-14-12-10-8-6-2)47-101-71-65(95)64(94)67(57(46-83)103-71)104-72-66(96)70(62(92)55(44-81)102-72)108-76(74(99)100)42-53(88)60(78-49(4)85)69(107-76)63(93)56(45-82)105-75(73(97)98)41-52(87)59(77-48(3)84)68(106-75)61(91)54(89)43-80/h19-20,37,39,50-57,59-72,80-83,86-89,91-96H,5-18,21-36,38,40-47H2,1-4H3,(H,77,84)(H,78,85)(H,79,90)(H,97,98)(H,99,100)/b20-19-,39-37+/t50-,51+,52-,53-,54+,55+,56+,57+,59+,60+,61+,62-,63+,64+,65?,66+,67+,68?,69?,70-,71+,72-,75+,76-/m0/s1. The van der Waals surface area contributed by atoms with Crippen LogP contribution in [0.2, 0.25) is 0 Å². The predicted molar refractivity (Wildman–Crippen MR) is 391 cm³/mol. The number of aliphatic hydroxyl groups excluding tert-OH is 14. The van der Waals surface area contributed by atoms with Gasteiger partial charge in [-0.2, -0.15) is 0 Å². The zero-order chi connectivity index (χ0) is 79.8. The quantitative estimate of drug-likeness (QED) is 0.0307. The van der Waals surface area contributed by atoms with Crippen molar-refractivity contribution < 1.29 is 144 Å². The first kappa shape index (κ1) is 96.3. The Morgan fingerprint density at radius 2 is 0.935 bits per heavy atom. The van der Waals surface area contributed by atoms with Gasteiger partial charge in [0.05, 0.1) is 69.5 Å². The van der Waals surface area contributed by atoms with Crippen LogP contribution in [-0.4, -0.2) is 290 Å². The van der Waals surface area contributed by atoms with Gasteiger partial charge < -0.3 is 136 Å². The summed E-state index contributed by atoms with van der Waals surface area (Å²) in [6.07, 6.45) is 1.06. The second-order valence-electron chi connectivity index (χ2n) is 29.6. The van der Waals surface area contributed by atoms with Crippen LogP contribution in [0.25, 0.3) is 0 Å². The van der Waals surface area contributed by atoms with Gasteiger partial charge in [-0.25, -0.2) is 9.59 Å². The van der Waals surface area contributed by atoms with Crippen molar-refractivity contribution in [3.8, 4) is 0 Å². The molecule has 4 aliphatic heterocycles. The molecule has 0 bridgehead atoms. The Hall–Kier alpha value is -4.05. The number of ether oxygens (including phenoxy) is 8. The molecule has 4 heterocycles. The minimum absolute atomic E-state index is 0.151. The topological polar surface area (TPSA) is 519 Å². The van der Waals surface area contributed by atoms with Gasteiger partial charge in [0.1, 0.15) is 85.5 Å². The Kier molecular flexibility index (Phi) is 46.7. The molecule has 0 radical (unpaired) electrons. The molecule has 3 amide bonds. The molecule has 0 aliphatic carbocycles. The van der Waals surface area contributed by atoms with Gasteiger partial charge in [-0.05, 0) is 44.9 Å². The Morgan fingerprint density at radius 3 is 1.39 bits per heavy atom. The first-order chi connectivity index (χ1) is 51.7. The molecule has 19 N–H and O–H groups in total. The van der Waals surface area contributed by atoms with Crippen LogP contribution in [-0.2, 0) is 61.9 Å². The predicted octanol–water partition coefficient (Wildman–Crippen LogP) is 2.46. The molecule has 4 saturated heterocycles. The van der Waals surface area contributed by atoms with Crippen LogP contribution in [0.5, 0.6) is 0 Å². The number of allylic oxidation sites excluding steroid dienone is 3. The zero-order valence-electron chi connectivity index (χ0n) is 64.1. The number of nitrogens with one attached hydrogen (secondary N) is 3. The van der Waals surface area contributed by atoms with Gasteiger partial charge in [-0.1, -0.05) is 192 Å². The van der Waals surface area contributed by atoms with Crippen molar-refractivity contribution in [3.63, 3.8) is 0 Å². The maximum Gasteiger partial charge on any atom is 0.364 e. The van der Waals surface area contributed by atoms with E-state index >= 15 is 0 Å². The van der Waals surface area contributed by atoms with Crippen molar-refractivity contribution in [3.05, 3.63) is 24.3 Å². The number of carboxylic acids is 2. The number of rotatable bonds is 57. The summed E-state index contributed by atoms with van der Waals surface area (Å²) in [7, 11) is 0. The van der Waals surface area contributed by atoms with Crippen LogP contribution in [0.15, 0.2) is 24.3 Å². The van der Waals surface area contributed by atoms with Gasteiger partial charge >= 0.3 is 11.9 Å². The number of unbranched alkanes of at least 4 members (excludes halogenated alkanes) is 28. The van der Waals surface area contributed by atoms with Gasteiger partial charge in [0.15, 0.2) is 12.6 Å². The normalized spacial score (nSPS) is 30.7. The van der Waals surface area contributed by atoms with Crippen LogP contribution < -0.4 is 16.0 Å². The van der Waals surface area contributed by atoms with E-state index in [1.54, 1.807) is 6.08 Å². The highest BCUT2D eigenvalue weighted by Crippen LogP contribution is 2.41. The first-order valence-corrected chi connectivity index (χ1v) is 39.9. The number of carboxylic acid groups (broad SMARTS) is 2. The Bertz CT molecular complexity index is 2560. The summed E-state index contributed by atoms with van der Waals surface area (Å²) in [5.41, 5.74) is 0. The van der Waals surface area contributed by atoms with Crippen molar-refractivity contribution in [2.24, 2.45) is 0 Å². The lowest BCUT2D eigenvalue weighted by Crippen LogP contribution is -2.72. The van der Waals surface area contributed by atoms with E-state index in [9.17, 15) is 106 Å². The van der Waals surface area contributed by atoms with Crippen LogP contribution in [0.3, 0.4) is 0 Å². The molecule has 0 aromatic heterocycles. The highest BCUT2D eigenvalue weighted by molar-refractivity contribution is 5.78. The van der Waals surface area contributed by atoms with Crippen LogP contribution in [0.1, 0.15) is 246 Å². The molecule has 108 heavy (non-hydrogen) atoms. The molecule has 0 saturated carbocycles. The van der Waals surface area contributed by atoms with E-state index in [-0.39, 0.29) is 12.3 Å². The van der Waals surface area contributed by atoms with Crippen molar-refractivity contribution in [2.45, 2.75) is 392 Å². The lowest BCUT2D eigenvalue weighted by molar-refractivity contribution is -0.388. The van der Waals surface area contributed by atoms with Gasteiger partial charge in [-0.15, -0.1) is 0 Å². The number of hydrogen-bond donors (Lipinski definition) is 19. The Labute approximate surface area is 636 Å². The molecule has 0 aromatic rings. The summed E-state index contributed by atoms with van der Waals surface area (Å²) in [5, 5.41) is 185. The molecular formula is C76H135N3O29. The largest absolute Gasteiger partial charge is 0.477 e. The average Bonchev–Trinajstić information content (AvgIpc) is 0.758. The van der Waals surface area contributed by atoms with Crippen LogP contribution in [0, 0.1) is 0 Å². The molecule has 0 spiro atoms. The Morgan fingerprint density at radius 1 is 0.500 bits per heavy atom. The monoisotopic (exact) mass is 1550 g/mol. The van der Waals surface area contributed by atoms with Crippen molar-refractivity contribution in [1.82, 2.24) is 16.0 Å². The Balaban J connectivity index is 1.45. The number of amides is 3. The summed E-state index contributed by atoms with van der Waals surface area (Å²) in [4.78, 5) is 65.1. The maximum absolute atomic E-state index is 13.6. The lowest BCUT2D eigenvalue weighted by Gasteiger charge is -2.51. The second kappa shape index (κ2) is 52.4. The first-order valence-electron chi connectivity index (χ1n) is 39.9. The van der Waals surface area contributed by atoms with Gasteiger partial charge in [0.25, 0.3) is 11.6 Å².